The highest BCUT2D eigenvalue weighted by atomic mass is 16.5. The normalized spacial score (nSPS) is 11.5. The maximum absolute atomic E-state index is 11.7. The van der Waals surface area contributed by atoms with Crippen molar-refractivity contribution in [1.82, 2.24) is 4.90 Å². The van der Waals surface area contributed by atoms with Crippen molar-refractivity contribution in [2.24, 2.45) is 0 Å². The molecule has 0 heterocycles. The van der Waals surface area contributed by atoms with Crippen LogP contribution in [-0.4, -0.2) is 42.2 Å². The number of hydrogen-bond donors (Lipinski definition) is 1. The molecule has 1 aromatic carbocycles. The van der Waals surface area contributed by atoms with Crippen LogP contribution in [0.15, 0.2) is 24.3 Å². The predicted octanol–water partition coefficient (Wildman–Crippen LogP) is 1.17. The summed E-state index contributed by atoms with van der Waals surface area (Å²) in [5.74, 6) is 0.404. The molecule has 5 nitrogen and oxygen atoms in total. The predicted molar refractivity (Wildman–Crippen MR) is 70.6 cm³/mol. The van der Waals surface area contributed by atoms with Crippen LogP contribution in [-0.2, 0) is 4.79 Å². The van der Waals surface area contributed by atoms with Crippen LogP contribution in [0.25, 0.3) is 0 Å². The maximum atomic E-state index is 11.7. The van der Waals surface area contributed by atoms with Crippen LogP contribution >= 0.6 is 0 Å². The van der Waals surface area contributed by atoms with Crippen LogP contribution in [0.2, 0.25) is 0 Å². The van der Waals surface area contributed by atoms with Gasteiger partial charge in [0.2, 0.25) is 0 Å². The molecule has 19 heavy (non-hydrogen) atoms. The SMILES string of the molecule is CC(O)CCN(C)C(=O)COc1ccc(C#N)cc1. The topological polar surface area (TPSA) is 73.6 Å². The van der Waals surface area contributed by atoms with Gasteiger partial charge in [-0.1, -0.05) is 0 Å². The molecule has 1 atom stereocenters. The first-order valence-electron chi connectivity index (χ1n) is 6.08. The second-order valence-corrected chi connectivity index (χ2v) is 4.38. The fourth-order valence-electron chi connectivity index (χ4n) is 1.39. The molecule has 0 fully saturated rings. The molecule has 0 bridgehead atoms. The van der Waals surface area contributed by atoms with Crippen LogP contribution in [0.1, 0.15) is 18.9 Å². The lowest BCUT2D eigenvalue weighted by molar-refractivity contribution is -0.132. The minimum Gasteiger partial charge on any atom is -0.484 e. The van der Waals surface area contributed by atoms with Gasteiger partial charge in [-0.15, -0.1) is 0 Å². The van der Waals surface area contributed by atoms with Crippen LogP contribution in [0.4, 0.5) is 0 Å². The van der Waals surface area contributed by atoms with E-state index in [-0.39, 0.29) is 12.5 Å². The number of nitriles is 1. The van der Waals surface area contributed by atoms with Crippen molar-refractivity contribution in [3.05, 3.63) is 29.8 Å². The van der Waals surface area contributed by atoms with Gasteiger partial charge < -0.3 is 14.7 Å². The highest BCUT2D eigenvalue weighted by molar-refractivity contribution is 5.77. The number of aliphatic hydroxyl groups is 1. The molecule has 0 radical (unpaired) electrons. The molecule has 1 amide bonds. The molecule has 1 unspecified atom stereocenters. The summed E-state index contributed by atoms with van der Waals surface area (Å²) < 4.78 is 5.33. The van der Waals surface area contributed by atoms with Crippen LogP contribution in [0, 0.1) is 11.3 Å². The maximum Gasteiger partial charge on any atom is 0.260 e. The smallest absolute Gasteiger partial charge is 0.260 e. The quantitative estimate of drug-likeness (QED) is 0.835. The lowest BCUT2D eigenvalue weighted by atomic mass is 10.2. The Kier molecular flexibility index (Phi) is 5.83. The minimum absolute atomic E-state index is 0.0534. The summed E-state index contributed by atoms with van der Waals surface area (Å²) in [4.78, 5) is 13.2. The second-order valence-electron chi connectivity index (χ2n) is 4.38. The van der Waals surface area contributed by atoms with E-state index in [0.29, 0.717) is 24.3 Å². The third-order valence-electron chi connectivity index (χ3n) is 2.65. The van der Waals surface area contributed by atoms with Crippen molar-refractivity contribution < 1.29 is 14.6 Å². The molecule has 0 spiro atoms. The summed E-state index contributed by atoms with van der Waals surface area (Å²) in [6.45, 7) is 2.13. The molecule has 1 aromatic rings. The molecule has 1 rings (SSSR count). The minimum atomic E-state index is -0.422. The van der Waals surface area contributed by atoms with Gasteiger partial charge in [0.15, 0.2) is 6.61 Å². The molecule has 0 aliphatic carbocycles. The Bertz CT molecular complexity index is 449. The van der Waals surface area contributed by atoms with Crippen molar-refractivity contribution in [2.75, 3.05) is 20.2 Å². The van der Waals surface area contributed by atoms with Crippen molar-refractivity contribution in [3.8, 4) is 11.8 Å². The van der Waals surface area contributed by atoms with Crippen molar-refractivity contribution in [2.45, 2.75) is 19.4 Å². The molecule has 5 heteroatoms. The van der Waals surface area contributed by atoms with Crippen LogP contribution < -0.4 is 4.74 Å². The van der Waals surface area contributed by atoms with E-state index >= 15 is 0 Å². The Morgan fingerprint density at radius 1 is 1.47 bits per heavy atom. The van der Waals surface area contributed by atoms with Gasteiger partial charge in [0.25, 0.3) is 5.91 Å². The summed E-state index contributed by atoms with van der Waals surface area (Å²) >= 11 is 0. The number of ether oxygens (including phenoxy) is 1. The zero-order valence-corrected chi connectivity index (χ0v) is 11.2. The first kappa shape index (κ1) is 15.0. The van der Waals surface area contributed by atoms with E-state index in [9.17, 15) is 4.79 Å². The molecular formula is C14H18N2O3. The van der Waals surface area contributed by atoms with Crippen LogP contribution in [0.5, 0.6) is 5.75 Å². The number of carbonyl (C=O) groups is 1. The van der Waals surface area contributed by atoms with E-state index in [1.165, 1.54) is 4.90 Å². The fraction of sp³-hybridized carbons (Fsp3) is 0.429. The van der Waals surface area contributed by atoms with E-state index in [2.05, 4.69) is 0 Å². The van der Waals surface area contributed by atoms with Crippen LogP contribution in [0.3, 0.4) is 0 Å². The monoisotopic (exact) mass is 262 g/mol. The Morgan fingerprint density at radius 3 is 2.63 bits per heavy atom. The molecule has 0 aromatic heterocycles. The third kappa shape index (κ3) is 5.40. The van der Waals surface area contributed by atoms with Gasteiger partial charge in [0.05, 0.1) is 17.7 Å². The molecule has 0 aliphatic rings. The Hall–Kier alpha value is -2.06. The zero-order valence-electron chi connectivity index (χ0n) is 11.2. The number of rotatable bonds is 6. The standard InChI is InChI=1S/C14H18N2O3/c1-11(17)7-8-16(2)14(18)10-19-13-5-3-12(9-15)4-6-13/h3-6,11,17H,7-8,10H2,1-2H3. The molecule has 0 aliphatic heterocycles. The number of hydrogen-bond acceptors (Lipinski definition) is 4. The van der Waals surface area contributed by atoms with E-state index < -0.39 is 6.10 Å². The van der Waals surface area contributed by atoms with E-state index in [1.54, 1.807) is 38.2 Å². The second kappa shape index (κ2) is 7.39. The Labute approximate surface area is 113 Å². The summed E-state index contributed by atoms with van der Waals surface area (Å²) in [6.07, 6.45) is 0.119. The lowest BCUT2D eigenvalue weighted by Gasteiger charge is -2.18. The first-order chi connectivity index (χ1) is 9.02. The largest absolute Gasteiger partial charge is 0.484 e. The molecular weight excluding hydrogens is 244 g/mol. The number of amides is 1. The molecule has 1 N–H and O–H groups in total. The fourth-order valence-corrected chi connectivity index (χ4v) is 1.39. The Balaban J connectivity index is 2.38. The first-order valence-corrected chi connectivity index (χ1v) is 6.08. The van der Waals surface area contributed by atoms with Gasteiger partial charge in [0.1, 0.15) is 5.75 Å². The molecule has 102 valence electrons. The van der Waals surface area contributed by atoms with Gasteiger partial charge in [-0.25, -0.2) is 0 Å². The zero-order chi connectivity index (χ0) is 14.3. The number of aliphatic hydroxyl groups excluding tert-OH is 1. The van der Waals surface area contributed by atoms with E-state index in [4.69, 9.17) is 15.1 Å². The highest BCUT2D eigenvalue weighted by Gasteiger charge is 2.10. The number of carbonyl (C=O) groups excluding carboxylic acids is 1. The van der Waals surface area contributed by atoms with Crippen molar-refractivity contribution in [3.63, 3.8) is 0 Å². The van der Waals surface area contributed by atoms with Gasteiger partial charge in [-0.3, -0.25) is 4.79 Å². The van der Waals surface area contributed by atoms with E-state index in [0.717, 1.165) is 0 Å². The number of benzene rings is 1. The van der Waals surface area contributed by atoms with Gasteiger partial charge in [0, 0.05) is 13.6 Å². The van der Waals surface area contributed by atoms with Crippen molar-refractivity contribution >= 4 is 5.91 Å². The van der Waals surface area contributed by atoms with Crippen molar-refractivity contribution in [1.29, 1.82) is 5.26 Å². The summed E-state index contributed by atoms with van der Waals surface area (Å²) in [6, 6.07) is 8.59. The van der Waals surface area contributed by atoms with Gasteiger partial charge in [-0.2, -0.15) is 5.26 Å². The molecule has 0 saturated heterocycles. The summed E-state index contributed by atoms with van der Waals surface area (Å²) in [5, 5.41) is 17.8. The van der Waals surface area contributed by atoms with Gasteiger partial charge >= 0.3 is 0 Å². The number of nitrogens with zero attached hydrogens (tertiary/aromatic N) is 2. The van der Waals surface area contributed by atoms with E-state index in [1.807, 2.05) is 6.07 Å². The summed E-state index contributed by atoms with van der Waals surface area (Å²) in [5.41, 5.74) is 0.549. The summed E-state index contributed by atoms with van der Waals surface area (Å²) in [7, 11) is 1.67. The highest BCUT2D eigenvalue weighted by Crippen LogP contribution is 2.11. The average Bonchev–Trinajstić information content (AvgIpc) is 2.42. The Morgan fingerprint density at radius 2 is 2.11 bits per heavy atom. The molecule has 0 saturated carbocycles. The van der Waals surface area contributed by atoms with Gasteiger partial charge in [-0.05, 0) is 37.6 Å². The lowest BCUT2D eigenvalue weighted by Crippen LogP contribution is -2.33. The number of likely N-dealkylation sites (N-methyl/N-ethyl adjacent to an activating group) is 1. The third-order valence-corrected chi connectivity index (χ3v) is 2.65. The average molecular weight is 262 g/mol.